The number of carbonyl (C=O) groups excluding carboxylic acids is 1. The molecule has 1 amide bonds. The molecule has 1 saturated heterocycles. The monoisotopic (exact) mass is 360 g/mol. The molecule has 1 saturated carbocycles. The topological polar surface area (TPSA) is 89.7 Å². The van der Waals surface area contributed by atoms with Crippen LogP contribution in [0.5, 0.6) is 0 Å². The van der Waals surface area contributed by atoms with Gasteiger partial charge in [0.15, 0.2) is 0 Å². The second-order valence-corrected chi connectivity index (χ2v) is 10.8. The van der Waals surface area contributed by atoms with Crippen molar-refractivity contribution in [2.75, 3.05) is 19.3 Å². The molecule has 0 aromatic carbocycles. The number of nitrogens with two attached hydrogens (primary N) is 1. The Balaban J connectivity index is 1.92. The highest BCUT2D eigenvalue weighted by atomic mass is 32.2. The summed E-state index contributed by atoms with van der Waals surface area (Å²) in [4.78, 5) is 13.9. The van der Waals surface area contributed by atoms with Crippen LogP contribution in [0.15, 0.2) is 0 Å². The van der Waals surface area contributed by atoms with Gasteiger partial charge >= 0.3 is 6.09 Å². The molecule has 0 aromatic heterocycles. The third kappa shape index (κ3) is 5.09. The van der Waals surface area contributed by atoms with Crippen LogP contribution in [-0.4, -0.2) is 55.6 Å². The molecule has 24 heavy (non-hydrogen) atoms. The Labute approximate surface area is 146 Å². The molecule has 0 radical (unpaired) electrons. The van der Waals surface area contributed by atoms with Crippen LogP contribution in [0.1, 0.15) is 52.9 Å². The van der Waals surface area contributed by atoms with Crippen LogP contribution in [0.3, 0.4) is 0 Å². The maximum Gasteiger partial charge on any atom is 0.410 e. The van der Waals surface area contributed by atoms with E-state index in [4.69, 9.17) is 10.5 Å². The SMILES string of the molecule is CC(C)(C)OC(=O)N1CCC(C(N)C2CCCC(S(C)(=O)=O)C2)C1. The predicted octanol–water partition coefficient (Wildman–Crippen LogP) is 2.17. The van der Waals surface area contributed by atoms with Crippen molar-refractivity contribution in [3.8, 4) is 0 Å². The highest BCUT2D eigenvalue weighted by Crippen LogP contribution is 2.34. The zero-order valence-electron chi connectivity index (χ0n) is 15.3. The summed E-state index contributed by atoms with van der Waals surface area (Å²) in [5.41, 5.74) is 5.98. The first kappa shape index (κ1) is 19.5. The molecule has 1 aliphatic heterocycles. The highest BCUT2D eigenvalue weighted by Gasteiger charge is 2.38. The van der Waals surface area contributed by atoms with Gasteiger partial charge in [0.2, 0.25) is 0 Å². The Morgan fingerprint density at radius 2 is 1.88 bits per heavy atom. The number of hydrogen-bond acceptors (Lipinski definition) is 5. The van der Waals surface area contributed by atoms with Crippen LogP contribution in [0.25, 0.3) is 0 Å². The van der Waals surface area contributed by atoms with E-state index >= 15 is 0 Å². The van der Waals surface area contributed by atoms with E-state index in [1.165, 1.54) is 6.26 Å². The number of ether oxygens (including phenoxy) is 1. The van der Waals surface area contributed by atoms with Crippen LogP contribution in [0.4, 0.5) is 4.79 Å². The highest BCUT2D eigenvalue weighted by molar-refractivity contribution is 7.91. The molecule has 2 N–H and O–H groups in total. The van der Waals surface area contributed by atoms with Crippen molar-refractivity contribution in [2.24, 2.45) is 17.6 Å². The molecule has 1 heterocycles. The second kappa shape index (κ2) is 7.20. The van der Waals surface area contributed by atoms with Crippen molar-refractivity contribution in [3.05, 3.63) is 0 Å². The van der Waals surface area contributed by atoms with Gasteiger partial charge in [-0.3, -0.25) is 0 Å². The van der Waals surface area contributed by atoms with Gasteiger partial charge in [0, 0.05) is 25.4 Å². The predicted molar refractivity (Wildman–Crippen MR) is 94.5 cm³/mol. The van der Waals surface area contributed by atoms with E-state index in [1.54, 1.807) is 4.90 Å². The van der Waals surface area contributed by atoms with Crippen LogP contribution in [0.2, 0.25) is 0 Å². The molecule has 7 heteroatoms. The smallest absolute Gasteiger partial charge is 0.410 e. The lowest BCUT2D eigenvalue weighted by Crippen LogP contribution is -2.44. The second-order valence-electron chi connectivity index (χ2n) is 8.43. The average molecular weight is 361 g/mol. The van der Waals surface area contributed by atoms with E-state index in [1.807, 2.05) is 20.8 Å². The maximum atomic E-state index is 12.2. The summed E-state index contributed by atoms with van der Waals surface area (Å²) in [6, 6.07) is -0.0537. The first-order valence-corrected chi connectivity index (χ1v) is 10.8. The van der Waals surface area contributed by atoms with E-state index in [0.717, 1.165) is 25.7 Å². The standard InChI is InChI=1S/C17H32N2O4S/c1-17(2,3)23-16(20)19-9-8-13(11-19)15(18)12-6-5-7-14(10-12)24(4,21)22/h12-15H,5-11,18H2,1-4H3. The minimum Gasteiger partial charge on any atom is -0.444 e. The van der Waals surface area contributed by atoms with Gasteiger partial charge in [-0.05, 0) is 58.3 Å². The number of nitrogens with zero attached hydrogens (tertiary/aromatic N) is 1. The van der Waals surface area contributed by atoms with Crippen LogP contribution in [-0.2, 0) is 14.6 Å². The number of sulfone groups is 1. The minimum absolute atomic E-state index is 0.0537. The minimum atomic E-state index is -3.00. The van der Waals surface area contributed by atoms with Crippen molar-refractivity contribution in [1.29, 1.82) is 0 Å². The lowest BCUT2D eigenvalue weighted by molar-refractivity contribution is 0.0284. The van der Waals surface area contributed by atoms with Crippen molar-refractivity contribution in [3.63, 3.8) is 0 Å². The zero-order chi connectivity index (χ0) is 18.1. The molecule has 2 rings (SSSR count). The van der Waals surface area contributed by atoms with E-state index in [2.05, 4.69) is 0 Å². The summed E-state index contributed by atoms with van der Waals surface area (Å²) in [7, 11) is -3.00. The van der Waals surface area contributed by atoms with Crippen LogP contribution >= 0.6 is 0 Å². The van der Waals surface area contributed by atoms with Crippen LogP contribution in [0, 0.1) is 11.8 Å². The fourth-order valence-electron chi connectivity index (χ4n) is 3.90. The van der Waals surface area contributed by atoms with Crippen molar-refractivity contribution < 1.29 is 17.9 Å². The zero-order valence-corrected chi connectivity index (χ0v) is 16.1. The Hall–Kier alpha value is -0.820. The molecule has 2 fully saturated rings. The lowest BCUT2D eigenvalue weighted by Gasteiger charge is -2.34. The molecule has 140 valence electrons. The third-order valence-electron chi connectivity index (χ3n) is 5.24. The van der Waals surface area contributed by atoms with Crippen LogP contribution < -0.4 is 5.73 Å². The molecule has 1 aliphatic carbocycles. The number of likely N-dealkylation sites (tertiary alicyclic amines) is 1. The Morgan fingerprint density at radius 1 is 1.21 bits per heavy atom. The molecular formula is C17H32N2O4S. The average Bonchev–Trinajstić information content (AvgIpc) is 2.94. The number of amides is 1. The fraction of sp³-hybridized carbons (Fsp3) is 0.941. The molecule has 0 spiro atoms. The van der Waals surface area contributed by atoms with Gasteiger partial charge in [-0.2, -0.15) is 0 Å². The van der Waals surface area contributed by atoms with Gasteiger partial charge in [0.05, 0.1) is 5.25 Å². The van der Waals surface area contributed by atoms with Gasteiger partial charge in [-0.15, -0.1) is 0 Å². The molecule has 4 unspecified atom stereocenters. The van der Waals surface area contributed by atoms with Gasteiger partial charge < -0.3 is 15.4 Å². The number of carbonyl (C=O) groups is 1. The quantitative estimate of drug-likeness (QED) is 0.833. The third-order valence-corrected chi connectivity index (χ3v) is 6.88. The van der Waals surface area contributed by atoms with E-state index in [0.29, 0.717) is 19.5 Å². The number of rotatable bonds is 3. The molecule has 0 aromatic rings. The lowest BCUT2D eigenvalue weighted by atomic mass is 9.78. The molecule has 6 nitrogen and oxygen atoms in total. The summed E-state index contributed by atoms with van der Waals surface area (Å²) in [6.45, 7) is 6.85. The summed E-state index contributed by atoms with van der Waals surface area (Å²) >= 11 is 0. The first-order chi connectivity index (χ1) is 11.0. The van der Waals surface area contributed by atoms with Crippen molar-refractivity contribution in [2.45, 2.75) is 69.8 Å². The van der Waals surface area contributed by atoms with Gasteiger partial charge in [0.25, 0.3) is 0 Å². The summed E-state index contributed by atoms with van der Waals surface area (Å²) in [5.74, 6) is 0.447. The molecule has 4 atom stereocenters. The maximum absolute atomic E-state index is 12.2. The Morgan fingerprint density at radius 3 is 2.46 bits per heavy atom. The number of hydrogen-bond donors (Lipinski definition) is 1. The molecule has 0 bridgehead atoms. The first-order valence-electron chi connectivity index (χ1n) is 8.90. The summed E-state index contributed by atoms with van der Waals surface area (Å²) < 4.78 is 29.1. The largest absolute Gasteiger partial charge is 0.444 e. The molecular weight excluding hydrogens is 328 g/mol. The van der Waals surface area contributed by atoms with E-state index in [-0.39, 0.29) is 29.2 Å². The van der Waals surface area contributed by atoms with Crippen molar-refractivity contribution >= 4 is 15.9 Å². The molecule has 2 aliphatic rings. The normalized spacial score (nSPS) is 30.2. The summed E-state index contributed by atoms with van der Waals surface area (Å²) in [5, 5.41) is -0.259. The van der Waals surface area contributed by atoms with E-state index in [9.17, 15) is 13.2 Å². The van der Waals surface area contributed by atoms with Gasteiger partial charge in [-0.1, -0.05) is 6.42 Å². The summed E-state index contributed by atoms with van der Waals surface area (Å²) in [6.07, 6.45) is 5.20. The van der Waals surface area contributed by atoms with E-state index < -0.39 is 15.4 Å². The fourth-order valence-corrected chi connectivity index (χ4v) is 5.09. The Kier molecular flexibility index (Phi) is 5.85. The Bertz CT molecular complexity index is 555. The van der Waals surface area contributed by atoms with Gasteiger partial charge in [0.1, 0.15) is 15.4 Å². The van der Waals surface area contributed by atoms with Gasteiger partial charge in [-0.25, -0.2) is 13.2 Å². The van der Waals surface area contributed by atoms with Crippen molar-refractivity contribution in [1.82, 2.24) is 4.90 Å².